The number of fused-ring (bicyclic) bond motifs is 7. The van der Waals surface area contributed by atoms with Gasteiger partial charge in [0.1, 0.15) is 0 Å². The second-order valence-electron chi connectivity index (χ2n) is 15.6. The highest BCUT2D eigenvalue weighted by Crippen LogP contribution is 2.49. The lowest BCUT2D eigenvalue weighted by Crippen LogP contribution is -2.10. The highest BCUT2D eigenvalue weighted by atomic mass is 32.1. The minimum Gasteiger partial charge on any atom is -0.309 e. The average Bonchev–Trinajstić information content (AvgIpc) is 3.92. The number of thiophene rings is 2. The summed E-state index contributed by atoms with van der Waals surface area (Å²) in [6.07, 6.45) is 0. The first-order valence-electron chi connectivity index (χ1n) is 20.7. The molecule has 0 saturated heterocycles. The molecule has 61 heavy (non-hydrogen) atoms. The third-order valence-corrected chi connectivity index (χ3v) is 14.5. The first-order valence-corrected chi connectivity index (χ1v) is 22.4. The number of hydrogen-bond donors (Lipinski definition) is 0. The van der Waals surface area contributed by atoms with E-state index in [2.05, 4.69) is 229 Å². The highest BCUT2D eigenvalue weighted by molar-refractivity contribution is 7.26. The topological polar surface area (TPSA) is 3.24 Å². The molecule has 0 radical (unpaired) electrons. The molecular weight excluding hydrogens is 775 g/mol. The maximum atomic E-state index is 2.45. The summed E-state index contributed by atoms with van der Waals surface area (Å²) in [6, 6.07) is 82.3. The molecule has 0 unspecified atom stereocenters. The van der Waals surface area contributed by atoms with Gasteiger partial charge in [-0.3, -0.25) is 0 Å². The first-order chi connectivity index (χ1) is 30.2. The molecule has 0 aliphatic carbocycles. The zero-order chi connectivity index (χ0) is 40.3. The number of hydrogen-bond acceptors (Lipinski definition) is 3. The van der Waals surface area contributed by atoms with Gasteiger partial charge >= 0.3 is 0 Å². The Kier molecular flexibility index (Phi) is 8.62. The van der Waals surface area contributed by atoms with Crippen molar-refractivity contribution in [3.63, 3.8) is 0 Å². The maximum absolute atomic E-state index is 2.45. The number of anilines is 3. The quantitative estimate of drug-likeness (QED) is 0.155. The molecule has 2 aromatic heterocycles. The minimum absolute atomic E-state index is 1.11. The van der Waals surface area contributed by atoms with Crippen LogP contribution in [-0.4, -0.2) is 0 Å². The normalized spacial score (nSPS) is 11.6. The summed E-state index contributed by atoms with van der Waals surface area (Å²) >= 11 is 3.76. The summed E-state index contributed by atoms with van der Waals surface area (Å²) in [5, 5.41) is 7.75. The molecule has 0 fully saturated rings. The molecule has 0 bridgehead atoms. The summed E-state index contributed by atoms with van der Waals surface area (Å²) < 4.78 is 5.22. The molecule has 12 rings (SSSR count). The second-order valence-corrected chi connectivity index (χ2v) is 17.8. The van der Waals surface area contributed by atoms with Gasteiger partial charge in [-0.05, 0) is 104 Å². The van der Waals surface area contributed by atoms with E-state index in [1.54, 1.807) is 0 Å². The van der Waals surface area contributed by atoms with Gasteiger partial charge in [0.25, 0.3) is 0 Å². The number of benzene rings is 10. The molecule has 10 aromatic carbocycles. The molecule has 1 nitrogen and oxygen atoms in total. The predicted octanol–water partition coefficient (Wildman–Crippen LogP) is 17.7. The minimum atomic E-state index is 1.11. The van der Waals surface area contributed by atoms with Crippen molar-refractivity contribution in [3.05, 3.63) is 224 Å². The van der Waals surface area contributed by atoms with Gasteiger partial charge in [-0.15, -0.1) is 22.7 Å². The molecule has 0 aliphatic heterocycles. The smallest absolute Gasteiger partial charge is 0.0640 e. The molecule has 0 N–H and O–H groups in total. The summed E-state index contributed by atoms with van der Waals surface area (Å²) in [5.41, 5.74) is 13.2. The van der Waals surface area contributed by atoms with Crippen LogP contribution >= 0.6 is 22.7 Å². The second kappa shape index (κ2) is 14.8. The van der Waals surface area contributed by atoms with Gasteiger partial charge in [-0.25, -0.2) is 0 Å². The molecule has 3 heteroatoms. The van der Waals surface area contributed by atoms with Gasteiger partial charge in [0, 0.05) is 47.0 Å². The van der Waals surface area contributed by atoms with Crippen molar-refractivity contribution >= 4 is 90.9 Å². The van der Waals surface area contributed by atoms with Crippen LogP contribution in [0.5, 0.6) is 0 Å². The third kappa shape index (κ3) is 6.21. The Morgan fingerprint density at radius 1 is 0.295 bits per heavy atom. The van der Waals surface area contributed by atoms with Gasteiger partial charge in [-0.1, -0.05) is 176 Å². The van der Waals surface area contributed by atoms with Crippen LogP contribution in [0.2, 0.25) is 0 Å². The van der Waals surface area contributed by atoms with E-state index in [-0.39, 0.29) is 0 Å². The Hall–Kier alpha value is -7.30. The predicted molar refractivity (Wildman–Crippen MR) is 266 cm³/mol. The Morgan fingerprint density at radius 2 is 0.820 bits per heavy atom. The molecule has 2 heterocycles. The fraction of sp³-hybridized carbons (Fsp3) is 0. The van der Waals surface area contributed by atoms with Crippen LogP contribution in [0.4, 0.5) is 17.1 Å². The van der Waals surface area contributed by atoms with E-state index in [1.807, 2.05) is 22.7 Å². The van der Waals surface area contributed by atoms with Crippen molar-refractivity contribution < 1.29 is 0 Å². The third-order valence-electron chi connectivity index (χ3n) is 12.1. The lowest BCUT2D eigenvalue weighted by molar-refractivity contribution is 1.30. The van der Waals surface area contributed by atoms with E-state index >= 15 is 0 Å². The number of nitrogens with zero attached hydrogens (tertiary/aromatic N) is 1. The lowest BCUT2D eigenvalue weighted by atomic mass is 9.97. The summed E-state index contributed by atoms with van der Waals surface area (Å²) in [4.78, 5) is 2.45. The molecule has 0 atom stereocenters. The monoisotopic (exact) mass is 811 g/mol. The average molecular weight is 812 g/mol. The van der Waals surface area contributed by atoms with E-state index in [9.17, 15) is 0 Å². The van der Waals surface area contributed by atoms with E-state index in [0.717, 1.165) is 11.4 Å². The van der Waals surface area contributed by atoms with E-state index in [4.69, 9.17) is 0 Å². The van der Waals surface area contributed by atoms with Crippen LogP contribution in [0.25, 0.3) is 95.6 Å². The fourth-order valence-corrected chi connectivity index (χ4v) is 11.5. The zero-order valence-electron chi connectivity index (χ0n) is 33.1. The van der Waals surface area contributed by atoms with Gasteiger partial charge < -0.3 is 4.90 Å². The van der Waals surface area contributed by atoms with Gasteiger partial charge in [0.15, 0.2) is 0 Å². The van der Waals surface area contributed by atoms with Crippen LogP contribution in [-0.2, 0) is 0 Å². The maximum Gasteiger partial charge on any atom is 0.0640 e. The molecule has 0 saturated carbocycles. The summed E-state index contributed by atoms with van der Waals surface area (Å²) in [6.45, 7) is 0. The number of rotatable bonds is 7. The van der Waals surface area contributed by atoms with E-state index < -0.39 is 0 Å². The Bertz CT molecular complexity index is 3560. The molecule has 12 aromatic rings. The first kappa shape index (κ1) is 35.6. The Labute approximate surface area is 362 Å². The lowest BCUT2D eigenvalue weighted by Gasteiger charge is -2.27. The van der Waals surface area contributed by atoms with Crippen molar-refractivity contribution in [2.45, 2.75) is 0 Å². The van der Waals surface area contributed by atoms with E-state index in [1.165, 1.54) is 101 Å². The summed E-state index contributed by atoms with van der Waals surface area (Å²) in [5.74, 6) is 0. The van der Waals surface area contributed by atoms with Crippen molar-refractivity contribution in [1.82, 2.24) is 0 Å². The fourth-order valence-electron chi connectivity index (χ4n) is 9.07. The van der Waals surface area contributed by atoms with Crippen molar-refractivity contribution in [3.8, 4) is 44.5 Å². The van der Waals surface area contributed by atoms with Crippen LogP contribution < -0.4 is 4.90 Å². The van der Waals surface area contributed by atoms with Gasteiger partial charge in [0.2, 0.25) is 0 Å². The van der Waals surface area contributed by atoms with Crippen molar-refractivity contribution in [2.75, 3.05) is 4.90 Å². The van der Waals surface area contributed by atoms with Crippen molar-refractivity contribution in [2.24, 2.45) is 0 Å². The van der Waals surface area contributed by atoms with Gasteiger partial charge in [0.05, 0.1) is 10.4 Å². The Balaban J connectivity index is 0.973. The van der Waals surface area contributed by atoms with Crippen LogP contribution in [0.1, 0.15) is 0 Å². The van der Waals surface area contributed by atoms with Crippen LogP contribution in [0.15, 0.2) is 224 Å². The van der Waals surface area contributed by atoms with E-state index in [0.29, 0.717) is 0 Å². The van der Waals surface area contributed by atoms with Crippen molar-refractivity contribution in [1.29, 1.82) is 0 Å². The highest BCUT2D eigenvalue weighted by Gasteiger charge is 2.21. The van der Waals surface area contributed by atoms with Crippen LogP contribution in [0.3, 0.4) is 0 Å². The van der Waals surface area contributed by atoms with Gasteiger partial charge in [-0.2, -0.15) is 0 Å². The zero-order valence-corrected chi connectivity index (χ0v) is 34.8. The SMILES string of the molecule is c1ccc(-c2ccc(N(c3ccc(-c4ccc(-c5ccc6ccccc6c5)cc4)cc3)c3ccc(-c4cccc5c4sc4ccccc45)cc3)c3sc4ccccc4c23)cc1. The largest absolute Gasteiger partial charge is 0.309 e. The molecular formula is C58H37NS2. The molecule has 0 spiro atoms. The standard InChI is InChI=1S/C58H37NS2/c1-2-12-42(13-3-1)48-35-36-53(58-56(48)52-16-7-9-20-55(52)61-58)59(47-33-29-43(30-34-47)49-17-10-18-51-50-15-6-8-19-54(50)60-57(49)51)46-31-27-40(28-32-46)39-21-23-41(24-22-39)45-26-25-38-11-4-5-14-44(38)37-45/h1-37H. The molecule has 286 valence electrons. The Morgan fingerprint density at radius 3 is 1.56 bits per heavy atom. The molecule has 0 aliphatic rings. The summed E-state index contributed by atoms with van der Waals surface area (Å²) in [7, 11) is 0. The molecule has 0 amide bonds. The van der Waals surface area contributed by atoms with Crippen LogP contribution in [0, 0.1) is 0 Å².